The zero-order chi connectivity index (χ0) is 25.9. The first-order chi connectivity index (χ1) is 17.9. The average Bonchev–Trinajstić information content (AvgIpc) is 3.59. The first kappa shape index (κ1) is 23.7. The molecule has 0 aromatic carbocycles. The lowest BCUT2D eigenvalue weighted by Gasteiger charge is -2.11. The number of aromatic amines is 2. The Labute approximate surface area is 212 Å². The minimum Gasteiger partial charge on any atom is -0.383 e. The summed E-state index contributed by atoms with van der Waals surface area (Å²) in [4.78, 5) is 49.9. The van der Waals surface area contributed by atoms with E-state index in [9.17, 15) is 9.59 Å². The van der Waals surface area contributed by atoms with Crippen molar-refractivity contribution in [2.24, 2.45) is 0 Å². The molecule has 0 fully saturated rings. The first-order valence-electron chi connectivity index (χ1n) is 11.6. The lowest BCUT2D eigenvalue weighted by atomic mass is 10.0. The second-order valence-corrected chi connectivity index (χ2v) is 8.63. The molecule has 0 aliphatic rings. The van der Waals surface area contributed by atoms with Crippen molar-refractivity contribution >= 4 is 28.7 Å². The van der Waals surface area contributed by atoms with Gasteiger partial charge in [-0.05, 0) is 35.9 Å². The number of nitrogens with zero attached hydrogens (tertiary/aromatic N) is 5. The molecular formula is C26H25N9O2. The largest absolute Gasteiger partial charge is 0.383 e. The van der Waals surface area contributed by atoms with E-state index in [0.29, 0.717) is 46.9 Å². The number of carbonyl (C=O) groups excluding carboxylic acids is 2. The summed E-state index contributed by atoms with van der Waals surface area (Å²) >= 11 is 0. The Morgan fingerprint density at radius 1 is 1.00 bits per heavy atom. The molecular weight excluding hydrogens is 470 g/mol. The van der Waals surface area contributed by atoms with Crippen LogP contribution in [0.1, 0.15) is 26.7 Å². The molecule has 0 unspecified atom stereocenters. The summed E-state index contributed by atoms with van der Waals surface area (Å²) in [6, 6.07) is 8.98. The normalized spacial score (nSPS) is 11.0. The van der Waals surface area contributed by atoms with Gasteiger partial charge < -0.3 is 25.9 Å². The highest BCUT2D eigenvalue weighted by molar-refractivity contribution is 6.02. The number of nitrogen functional groups attached to an aromatic ring is 1. The first-order valence-corrected chi connectivity index (χ1v) is 11.6. The fraction of sp³-hybridized carbons (Fsp3) is 0.154. The van der Waals surface area contributed by atoms with E-state index in [0.717, 1.165) is 22.3 Å². The Morgan fingerprint density at radius 3 is 2.59 bits per heavy atom. The molecule has 37 heavy (non-hydrogen) atoms. The quantitative estimate of drug-likeness (QED) is 0.270. The predicted molar refractivity (Wildman–Crippen MR) is 140 cm³/mol. The van der Waals surface area contributed by atoms with Crippen LogP contribution in [0.15, 0.2) is 61.3 Å². The molecule has 186 valence electrons. The molecule has 5 aromatic rings. The SMILES string of the molecule is CN(C)C(=O)c1ccc(-c2cc(-c3ccnc4[nH]c(C(=O)NCCc5ncc[nH]5)cc34)cnc2N)nc1. The third-order valence-corrected chi connectivity index (χ3v) is 5.90. The summed E-state index contributed by atoms with van der Waals surface area (Å²) < 4.78 is 0. The number of amides is 2. The number of anilines is 1. The van der Waals surface area contributed by atoms with E-state index >= 15 is 0 Å². The number of carbonyl (C=O) groups is 2. The number of aromatic nitrogens is 6. The number of nitrogens with one attached hydrogen (secondary N) is 3. The number of H-pyrrole nitrogens is 2. The minimum absolute atomic E-state index is 0.133. The molecule has 0 radical (unpaired) electrons. The standard InChI is InChI=1S/C26H25N9O2/c1-35(2)26(37)15-3-4-20(32-13-15)19-11-16(14-33-23(19)27)17-5-7-30-24-18(17)12-21(34-24)25(36)31-8-6-22-28-9-10-29-22/h3-5,7,9-14H,6,8H2,1-2H3,(H2,27,33)(H,28,29)(H,30,34)(H,31,36). The number of hydrogen-bond acceptors (Lipinski definition) is 7. The average molecular weight is 496 g/mol. The van der Waals surface area contributed by atoms with Crippen LogP contribution in [0.3, 0.4) is 0 Å². The molecule has 11 heteroatoms. The van der Waals surface area contributed by atoms with Crippen molar-refractivity contribution < 1.29 is 9.59 Å². The maximum absolute atomic E-state index is 12.7. The topological polar surface area (TPSA) is 159 Å². The minimum atomic E-state index is -0.233. The number of fused-ring (bicyclic) bond motifs is 1. The molecule has 0 aliphatic heterocycles. The summed E-state index contributed by atoms with van der Waals surface area (Å²) in [7, 11) is 3.38. The van der Waals surface area contributed by atoms with E-state index in [1.54, 1.807) is 57.1 Å². The van der Waals surface area contributed by atoms with Crippen molar-refractivity contribution in [2.75, 3.05) is 26.4 Å². The van der Waals surface area contributed by atoms with Crippen molar-refractivity contribution in [2.45, 2.75) is 6.42 Å². The van der Waals surface area contributed by atoms with Gasteiger partial charge in [0, 0.05) is 74.6 Å². The number of hydrogen-bond donors (Lipinski definition) is 4. The zero-order valence-corrected chi connectivity index (χ0v) is 20.3. The van der Waals surface area contributed by atoms with Gasteiger partial charge in [-0.3, -0.25) is 14.6 Å². The number of rotatable bonds is 7. The molecule has 0 aliphatic carbocycles. The maximum atomic E-state index is 12.7. The fourth-order valence-corrected chi connectivity index (χ4v) is 3.99. The molecule has 0 saturated heterocycles. The predicted octanol–water partition coefficient (Wildman–Crippen LogP) is 2.67. The highest BCUT2D eigenvalue weighted by atomic mass is 16.2. The Morgan fingerprint density at radius 2 is 1.86 bits per heavy atom. The van der Waals surface area contributed by atoms with Crippen molar-refractivity contribution in [3.63, 3.8) is 0 Å². The van der Waals surface area contributed by atoms with Crippen molar-refractivity contribution in [3.8, 4) is 22.4 Å². The number of nitrogens with two attached hydrogens (primary N) is 1. The van der Waals surface area contributed by atoms with Crippen LogP contribution in [-0.4, -0.2) is 67.3 Å². The highest BCUT2D eigenvalue weighted by Crippen LogP contribution is 2.32. The van der Waals surface area contributed by atoms with E-state index < -0.39 is 0 Å². The van der Waals surface area contributed by atoms with Gasteiger partial charge in [0.05, 0.1) is 11.3 Å². The molecule has 5 rings (SSSR count). The molecule has 5 aromatic heterocycles. The lowest BCUT2D eigenvalue weighted by molar-refractivity contribution is 0.0826. The van der Waals surface area contributed by atoms with Crippen LogP contribution in [0.2, 0.25) is 0 Å². The molecule has 5 N–H and O–H groups in total. The third kappa shape index (κ3) is 4.87. The van der Waals surface area contributed by atoms with Gasteiger partial charge >= 0.3 is 0 Å². The summed E-state index contributed by atoms with van der Waals surface area (Å²) in [5.74, 6) is 0.759. The van der Waals surface area contributed by atoms with E-state index in [-0.39, 0.29) is 11.8 Å². The van der Waals surface area contributed by atoms with Crippen LogP contribution in [0.5, 0.6) is 0 Å². The Balaban J connectivity index is 1.42. The van der Waals surface area contributed by atoms with Crippen LogP contribution in [0.4, 0.5) is 5.82 Å². The van der Waals surface area contributed by atoms with Gasteiger partial charge in [-0.15, -0.1) is 0 Å². The van der Waals surface area contributed by atoms with E-state index in [4.69, 9.17) is 5.73 Å². The van der Waals surface area contributed by atoms with Gasteiger partial charge in [0.15, 0.2) is 0 Å². The molecule has 2 amide bonds. The summed E-state index contributed by atoms with van der Waals surface area (Å²) in [6.45, 7) is 0.444. The van der Waals surface area contributed by atoms with Gasteiger partial charge in [0.2, 0.25) is 0 Å². The van der Waals surface area contributed by atoms with E-state index in [1.165, 1.54) is 11.1 Å². The summed E-state index contributed by atoms with van der Waals surface area (Å²) in [5.41, 5.74) is 10.5. The van der Waals surface area contributed by atoms with E-state index in [1.807, 2.05) is 12.1 Å². The molecule has 11 nitrogen and oxygen atoms in total. The Kier molecular flexibility index (Phi) is 6.33. The monoisotopic (exact) mass is 495 g/mol. The second-order valence-electron chi connectivity index (χ2n) is 8.63. The van der Waals surface area contributed by atoms with Crippen molar-refractivity contribution in [3.05, 3.63) is 78.4 Å². The fourth-order valence-electron chi connectivity index (χ4n) is 3.99. The van der Waals surface area contributed by atoms with Crippen LogP contribution in [0, 0.1) is 0 Å². The van der Waals surface area contributed by atoms with Gasteiger partial charge in [0.1, 0.15) is 23.0 Å². The van der Waals surface area contributed by atoms with Gasteiger partial charge in [-0.1, -0.05) is 0 Å². The van der Waals surface area contributed by atoms with Crippen molar-refractivity contribution in [1.29, 1.82) is 0 Å². The molecule has 0 saturated carbocycles. The van der Waals surface area contributed by atoms with Gasteiger partial charge in [-0.25, -0.2) is 15.0 Å². The van der Waals surface area contributed by atoms with Crippen LogP contribution in [-0.2, 0) is 6.42 Å². The van der Waals surface area contributed by atoms with Crippen LogP contribution < -0.4 is 11.1 Å². The summed E-state index contributed by atoms with van der Waals surface area (Å²) in [6.07, 6.45) is 8.89. The molecule has 0 spiro atoms. The molecule has 5 heterocycles. The Hall–Kier alpha value is -5.06. The number of pyridine rings is 3. The van der Waals surface area contributed by atoms with Crippen LogP contribution >= 0.6 is 0 Å². The summed E-state index contributed by atoms with van der Waals surface area (Å²) in [5, 5.41) is 3.67. The van der Waals surface area contributed by atoms with E-state index in [2.05, 4.69) is 35.2 Å². The van der Waals surface area contributed by atoms with Gasteiger partial charge in [0.25, 0.3) is 11.8 Å². The van der Waals surface area contributed by atoms with Crippen LogP contribution in [0.25, 0.3) is 33.4 Å². The molecule has 0 atom stereocenters. The smallest absolute Gasteiger partial charge is 0.267 e. The zero-order valence-electron chi connectivity index (χ0n) is 20.3. The maximum Gasteiger partial charge on any atom is 0.267 e. The highest BCUT2D eigenvalue weighted by Gasteiger charge is 2.16. The second kappa shape index (κ2) is 9.90. The number of imidazole rings is 1. The molecule has 0 bridgehead atoms. The lowest BCUT2D eigenvalue weighted by Crippen LogP contribution is -2.26. The van der Waals surface area contributed by atoms with Gasteiger partial charge in [-0.2, -0.15) is 0 Å². The Bertz CT molecular complexity index is 1570. The van der Waals surface area contributed by atoms with Crippen molar-refractivity contribution in [1.82, 2.24) is 40.1 Å². The third-order valence-electron chi connectivity index (χ3n) is 5.90.